The van der Waals surface area contributed by atoms with E-state index in [4.69, 9.17) is 4.74 Å². The summed E-state index contributed by atoms with van der Waals surface area (Å²) in [5.41, 5.74) is 1.25. The Morgan fingerprint density at radius 2 is 2.15 bits per heavy atom. The minimum atomic E-state index is 0.423. The molecule has 2 aromatic rings. The molecule has 0 amide bonds. The second kappa shape index (κ2) is 7.41. The van der Waals surface area contributed by atoms with Gasteiger partial charge in [-0.3, -0.25) is 0 Å². The Morgan fingerprint density at radius 1 is 1.35 bits per heavy atom. The monoisotopic (exact) mass is 290 g/mol. The standard InChI is InChI=1S/C16H22N2OS/c1-12(10-14-6-4-5-7-15(14)19-3)17-9-8-16-18-11-13(2)20-16/h4-7,11-12,17H,8-10H2,1-3H3. The highest BCUT2D eigenvalue weighted by atomic mass is 32.1. The summed E-state index contributed by atoms with van der Waals surface area (Å²) in [6.07, 6.45) is 3.91. The number of nitrogens with one attached hydrogen (secondary N) is 1. The number of aryl methyl sites for hydroxylation is 1. The molecule has 108 valence electrons. The van der Waals surface area contributed by atoms with E-state index in [-0.39, 0.29) is 0 Å². The van der Waals surface area contributed by atoms with E-state index in [9.17, 15) is 0 Å². The highest BCUT2D eigenvalue weighted by Crippen LogP contribution is 2.18. The number of para-hydroxylation sites is 1. The molecule has 0 fully saturated rings. The second-order valence-electron chi connectivity index (χ2n) is 4.99. The van der Waals surface area contributed by atoms with E-state index >= 15 is 0 Å². The number of benzene rings is 1. The highest BCUT2D eigenvalue weighted by molar-refractivity contribution is 7.11. The van der Waals surface area contributed by atoms with Gasteiger partial charge in [-0.15, -0.1) is 11.3 Å². The smallest absolute Gasteiger partial charge is 0.122 e. The van der Waals surface area contributed by atoms with Crippen molar-refractivity contribution < 1.29 is 4.74 Å². The summed E-state index contributed by atoms with van der Waals surface area (Å²) in [5, 5.41) is 4.76. The van der Waals surface area contributed by atoms with Crippen LogP contribution in [0.25, 0.3) is 0 Å². The van der Waals surface area contributed by atoms with Crippen LogP contribution >= 0.6 is 11.3 Å². The molecule has 1 N–H and O–H groups in total. The van der Waals surface area contributed by atoms with Gasteiger partial charge in [-0.1, -0.05) is 18.2 Å². The third kappa shape index (κ3) is 4.32. The lowest BCUT2D eigenvalue weighted by Crippen LogP contribution is -2.30. The van der Waals surface area contributed by atoms with Gasteiger partial charge in [0.1, 0.15) is 5.75 Å². The molecule has 20 heavy (non-hydrogen) atoms. The van der Waals surface area contributed by atoms with Gasteiger partial charge < -0.3 is 10.1 Å². The Balaban J connectivity index is 1.79. The predicted octanol–water partition coefficient (Wildman–Crippen LogP) is 3.22. The summed E-state index contributed by atoms with van der Waals surface area (Å²) in [4.78, 5) is 5.66. The lowest BCUT2D eigenvalue weighted by Gasteiger charge is -2.15. The van der Waals surface area contributed by atoms with E-state index in [1.165, 1.54) is 15.4 Å². The number of nitrogens with zero attached hydrogens (tertiary/aromatic N) is 1. The van der Waals surface area contributed by atoms with E-state index in [0.717, 1.165) is 25.1 Å². The molecule has 0 aliphatic heterocycles. The first kappa shape index (κ1) is 15.0. The molecule has 0 radical (unpaired) electrons. The molecule has 0 spiro atoms. The number of hydrogen-bond acceptors (Lipinski definition) is 4. The summed E-state index contributed by atoms with van der Waals surface area (Å²) >= 11 is 1.78. The maximum atomic E-state index is 5.39. The maximum Gasteiger partial charge on any atom is 0.122 e. The molecule has 4 heteroatoms. The molecule has 1 aromatic heterocycles. The summed E-state index contributed by atoms with van der Waals surface area (Å²) in [6, 6.07) is 8.63. The average molecular weight is 290 g/mol. The third-order valence-electron chi connectivity index (χ3n) is 3.22. The van der Waals surface area contributed by atoms with Crippen molar-refractivity contribution in [3.05, 3.63) is 45.9 Å². The molecule has 3 nitrogen and oxygen atoms in total. The van der Waals surface area contributed by atoms with Crippen molar-refractivity contribution >= 4 is 11.3 Å². The Morgan fingerprint density at radius 3 is 2.85 bits per heavy atom. The number of aromatic nitrogens is 1. The molecule has 1 heterocycles. The first-order chi connectivity index (χ1) is 9.69. The summed E-state index contributed by atoms with van der Waals surface area (Å²) < 4.78 is 5.39. The molecule has 0 bridgehead atoms. The zero-order valence-corrected chi connectivity index (χ0v) is 13.2. The van der Waals surface area contributed by atoms with Crippen molar-refractivity contribution in [2.75, 3.05) is 13.7 Å². The fraction of sp³-hybridized carbons (Fsp3) is 0.438. The van der Waals surface area contributed by atoms with Crippen LogP contribution < -0.4 is 10.1 Å². The summed E-state index contributed by atoms with van der Waals surface area (Å²) in [5.74, 6) is 0.969. The van der Waals surface area contributed by atoms with Crippen molar-refractivity contribution in [1.29, 1.82) is 0 Å². The van der Waals surface area contributed by atoms with E-state index in [1.807, 2.05) is 18.3 Å². The van der Waals surface area contributed by atoms with Crippen LogP contribution in [0.2, 0.25) is 0 Å². The van der Waals surface area contributed by atoms with E-state index in [2.05, 4.69) is 36.3 Å². The fourth-order valence-electron chi connectivity index (χ4n) is 2.22. The van der Waals surface area contributed by atoms with Crippen molar-refractivity contribution in [3.63, 3.8) is 0 Å². The lowest BCUT2D eigenvalue weighted by atomic mass is 10.1. The third-order valence-corrected chi connectivity index (χ3v) is 4.19. The molecule has 1 unspecified atom stereocenters. The minimum absolute atomic E-state index is 0.423. The molecular weight excluding hydrogens is 268 g/mol. The van der Waals surface area contributed by atoms with Crippen LogP contribution in [0, 0.1) is 6.92 Å². The quantitative estimate of drug-likeness (QED) is 0.850. The van der Waals surface area contributed by atoms with Crippen LogP contribution in [0.3, 0.4) is 0 Å². The first-order valence-electron chi connectivity index (χ1n) is 6.95. The van der Waals surface area contributed by atoms with Crippen LogP contribution in [0.1, 0.15) is 22.4 Å². The fourth-order valence-corrected chi connectivity index (χ4v) is 3.00. The summed E-state index contributed by atoms with van der Waals surface area (Å²) in [7, 11) is 1.72. The van der Waals surface area contributed by atoms with Gasteiger partial charge in [0.25, 0.3) is 0 Å². The molecule has 0 saturated carbocycles. The van der Waals surface area contributed by atoms with Gasteiger partial charge in [0.05, 0.1) is 12.1 Å². The Kier molecular flexibility index (Phi) is 5.56. The normalized spacial score (nSPS) is 12.3. The van der Waals surface area contributed by atoms with Crippen molar-refractivity contribution in [2.24, 2.45) is 0 Å². The number of rotatable bonds is 7. The van der Waals surface area contributed by atoms with Gasteiger partial charge in [0.2, 0.25) is 0 Å². The molecule has 1 aromatic carbocycles. The number of methoxy groups -OCH3 is 1. The van der Waals surface area contributed by atoms with Crippen molar-refractivity contribution in [1.82, 2.24) is 10.3 Å². The van der Waals surface area contributed by atoms with Gasteiger partial charge in [-0.25, -0.2) is 4.98 Å². The highest BCUT2D eigenvalue weighted by Gasteiger charge is 2.07. The van der Waals surface area contributed by atoms with Gasteiger partial charge in [-0.05, 0) is 31.9 Å². The minimum Gasteiger partial charge on any atom is -0.496 e. The molecule has 0 saturated heterocycles. The topological polar surface area (TPSA) is 34.1 Å². The summed E-state index contributed by atoms with van der Waals surface area (Å²) in [6.45, 7) is 5.27. The molecular formula is C16H22N2OS. The number of ether oxygens (including phenoxy) is 1. The predicted molar refractivity (Wildman–Crippen MR) is 84.7 cm³/mol. The molecule has 0 aliphatic rings. The average Bonchev–Trinajstić information content (AvgIpc) is 2.85. The van der Waals surface area contributed by atoms with E-state index < -0.39 is 0 Å². The Hall–Kier alpha value is -1.39. The lowest BCUT2D eigenvalue weighted by molar-refractivity contribution is 0.406. The van der Waals surface area contributed by atoms with Crippen LogP contribution in [0.5, 0.6) is 5.75 Å². The van der Waals surface area contributed by atoms with Crippen LogP contribution in [-0.4, -0.2) is 24.7 Å². The Bertz CT molecular complexity index is 539. The molecule has 0 aliphatic carbocycles. The van der Waals surface area contributed by atoms with Crippen LogP contribution in [0.15, 0.2) is 30.5 Å². The van der Waals surface area contributed by atoms with Crippen molar-refractivity contribution in [3.8, 4) is 5.75 Å². The first-order valence-corrected chi connectivity index (χ1v) is 7.77. The Labute approximate surface area is 125 Å². The van der Waals surface area contributed by atoms with Crippen LogP contribution in [0.4, 0.5) is 0 Å². The number of hydrogen-bond donors (Lipinski definition) is 1. The van der Waals surface area contributed by atoms with Gasteiger partial charge >= 0.3 is 0 Å². The van der Waals surface area contributed by atoms with E-state index in [0.29, 0.717) is 6.04 Å². The van der Waals surface area contributed by atoms with Gasteiger partial charge in [0, 0.05) is 30.1 Å². The zero-order valence-electron chi connectivity index (χ0n) is 12.3. The van der Waals surface area contributed by atoms with Gasteiger partial charge in [-0.2, -0.15) is 0 Å². The van der Waals surface area contributed by atoms with E-state index in [1.54, 1.807) is 18.4 Å². The maximum absolute atomic E-state index is 5.39. The van der Waals surface area contributed by atoms with Crippen LogP contribution in [-0.2, 0) is 12.8 Å². The molecule has 2 rings (SSSR count). The molecule has 1 atom stereocenters. The second-order valence-corrected chi connectivity index (χ2v) is 6.31. The SMILES string of the molecule is COc1ccccc1CC(C)NCCc1ncc(C)s1. The zero-order chi connectivity index (χ0) is 14.4. The van der Waals surface area contributed by atoms with Gasteiger partial charge in [0.15, 0.2) is 0 Å². The number of thiazole rings is 1. The van der Waals surface area contributed by atoms with Crippen molar-refractivity contribution in [2.45, 2.75) is 32.7 Å². The largest absolute Gasteiger partial charge is 0.496 e.